The standard InChI is InChI=1S/C24H24N2O7S/c1-3-31-19-12-16(13-20-23(29)26(24(30)34-20)14-22(28)32-4-2)10-11-18(19)33-15-21(27)25-17-8-6-5-7-9-17/h5-13H,3-4,14-15H2,1-2H3,(H,25,27)/b20-13-. The van der Waals surface area contributed by atoms with E-state index in [2.05, 4.69) is 5.32 Å². The van der Waals surface area contributed by atoms with E-state index in [1.54, 1.807) is 44.2 Å². The van der Waals surface area contributed by atoms with E-state index in [4.69, 9.17) is 14.2 Å². The van der Waals surface area contributed by atoms with Gasteiger partial charge in [0.25, 0.3) is 17.1 Å². The molecule has 0 aliphatic carbocycles. The molecule has 3 rings (SSSR count). The molecule has 1 aliphatic heterocycles. The number of ether oxygens (including phenoxy) is 3. The lowest BCUT2D eigenvalue weighted by atomic mass is 10.2. The molecule has 10 heteroatoms. The summed E-state index contributed by atoms with van der Waals surface area (Å²) in [6.45, 7) is 3.31. The van der Waals surface area contributed by atoms with Crippen molar-refractivity contribution in [2.45, 2.75) is 13.8 Å². The number of para-hydroxylation sites is 1. The summed E-state index contributed by atoms with van der Waals surface area (Å²) >= 11 is 0.741. The maximum atomic E-state index is 12.6. The molecule has 0 unspecified atom stereocenters. The summed E-state index contributed by atoms with van der Waals surface area (Å²) in [5.74, 6) is -0.804. The molecule has 9 nitrogen and oxygen atoms in total. The predicted octanol–water partition coefficient (Wildman–Crippen LogP) is 3.70. The summed E-state index contributed by atoms with van der Waals surface area (Å²) in [5.41, 5.74) is 1.25. The number of anilines is 1. The normalized spacial score (nSPS) is 14.3. The van der Waals surface area contributed by atoms with Crippen molar-refractivity contribution in [1.29, 1.82) is 0 Å². The number of rotatable bonds is 10. The van der Waals surface area contributed by atoms with Gasteiger partial charge in [0.1, 0.15) is 6.54 Å². The minimum Gasteiger partial charge on any atom is -0.490 e. The van der Waals surface area contributed by atoms with Gasteiger partial charge in [0.15, 0.2) is 18.1 Å². The number of benzene rings is 2. The SMILES string of the molecule is CCOC(=O)CN1C(=O)S/C(=C\c2ccc(OCC(=O)Nc3ccccc3)c(OCC)c2)C1=O. The van der Waals surface area contributed by atoms with Crippen molar-refractivity contribution >= 4 is 46.5 Å². The first kappa shape index (κ1) is 24.8. The lowest BCUT2D eigenvalue weighted by Crippen LogP contribution is -2.34. The predicted molar refractivity (Wildman–Crippen MR) is 127 cm³/mol. The average Bonchev–Trinajstić information content (AvgIpc) is 3.07. The Morgan fingerprint density at radius 1 is 1.00 bits per heavy atom. The van der Waals surface area contributed by atoms with Crippen LogP contribution < -0.4 is 14.8 Å². The van der Waals surface area contributed by atoms with Gasteiger partial charge in [0, 0.05) is 5.69 Å². The van der Waals surface area contributed by atoms with Crippen LogP contribution in [0, 0.1) is 0 Å². The molecule has 1 fully saturated rings. The number of nitrogens with one attached hydrogen (secondary N) is 1. The Hall–Kier alpha value is -3.79. The third-order valence-electron chi connectivity index (χ3n) is 4.45. The largest absolute Gasteiger partial charge is 0.490 e. The van der Waals surface area contributed by atoms with Crippen LogP contribution in [0.1, 0.15) is 19.4 Å². The van der Waals surface area contributed by atoms with E-state index in [0.29, 0.717) is 29.4 Å². The van der Waals surface area contributed by atoms with Gasteiger partial charge in [0.2, 0.25) is 0 Å². The molecule has 34 heavy (non-hydrogen) atoms. The zero-order valence-corrected chi connectivity index (χ0v) is 19.6. The van der Waals surface area contributed by atoms with Gasteiger partial charge in [-0.05, 0) is 61.5 Å². The van der Waals surface area contributed by atoms with Crippen molar-refractivity contribution in [3.63, 3.8) is 0 Å². The number of esters is 1. The third kappa shape index (κ3) is 6.61. The Morgan fingerprint density at radius 3 is 2.47 bits per heavy atom. The Balaban J connectivity index is 1.69. The van der Waals surface area contributed by atoms with E-state index < -0.39 is 23.7 Å². The van der Waals surface area contributed by atoms with Crippen molar-refractivity contribution in [1.82, 2.24) is 4.90 Å². The highest BCUT2D eigenvalue weighted by molar-refractivity contribution is 8.18. The van der Waals surface area contributed by atoms with Gasteiger partial charge in [-0.2, -0.15) is 0 Å². The fourth-order valence-electron chi connectivity index (χ4n) is 2.99. The number of hydrogen-bond donors (Lipinski definition) is 1. The highest BCUT2D eigenvalue weighted by Gasteiger charge is 2.36. The van der Waals surface area contributed by atoms with Crippen LogP contribution in [0.25, 0.3) is 6.08 Å². The average molecular weight is 485 g/mol. The molecule has 0 saturated carbocycles. The summed E-state index contributed by atoms with van der Waals surface area (Å²) in [6, 6.07) is 14.0. The first-order valence-electron chi connectivity index (χ1n) is 10.6. The Bertz CT molecular complexity index is 1100. The van der Waals surface area contributed by atoms with Gasteiger partial charge in [-0.25, -0.2) is 0 Å². The zero-order chi connectivity index (χ0) is 24.5. The van der Waals surface area contributed by atoms with Crippen LogP contribution in [0.5, 0.6) is 11.5 Å². The van der Waals surface area contributed by atoms with Gasteiger partial charge in [-0.3, -0.25) is 24.1 Å². The number of hydrogen-bond acceptors (Lipinski definition) is 8. The van der Waals surface area contributed by atoms with Crippen molar-refractivity contribution in [3.05, 3.63) is 59.0 Å². The molecule has 178 valence electrons. The number of imide groups is 1. The highest BCUT2D eigenvalue weighted by atomic mass is 32.2. The van der Waals surface area contributed by atoms with Crippen molar-refractivity contribution in [2.24, 2.45) is 0 Å². The van der Waals surface area contributed by atoms with E-state index >= 15 is 0 Å². The minimum absolute atomic E-state index is 0.160. The first-order chi connectivity index (χ1) is 16.4. The fourth-order valence-corrected chi connectivity index (χ4v) is 3.83. The molecule has 3 amide bonds. The van der Waals surface area contributed by atoms with Gasteiger partial charge >= 0.3 is 5.97 Å². The quantitative estimate of drug-likeness (QED) is 0.401. The van der Waals surface area contributed by atoms with E-state index in [9.17, 15) is 19.2 Å². The Labute approximate surface area is 201 Å². The first-order valence-corrected chi connectivity index (χ1v) is 11.4. The Kier molecular flexibility index (Phi) is 8.69. The van der Waals surface area contributed by atoms with Gasteiger partial charge < -0.3 is 19.5 Å². The topological polar surface area (TPSA) is 111 Å². The second-order valence-electron chi connectivity index (χ2n) is 6.91. The van der Waals surface area contributed by atoms with Crippen LogP contribution in [0.2, 0.25) is 0 Å². The highest BCUT2D eigenvalue weighted by Crippen LogP contribution is 2.34. The smallest absolute Gasteiger partial charge is 0.326 e. The van der Waals surface area contributed by atoms with Crippen molar-refractivity contribution in [3.8, 4) is 11.5 Å². The summed E-state index contributed by atoms with van der Waals surface area (Å²) in [7, 11) is 0. The maximum absolute atomic E-state index is 12.6. The molecule has 0 bridgehead atoms. The minimum atomic E-state index is -0.650. The molecule has 2 aromatic rings. The molecule has 1 saturated heterocycles. The van der Waals surface area contributed by atoms with Gasteiger partial charge in [0.05, 0.1) is 18.1 Å². The van der Waals surface area contributed by atoms with Crippen LogP contribution in [0.15, 0.2) is 53.4 Å². The molecule has 0 aromatic heterocycles. The van der Waals surface area contributed by atoms with Crippen LogP contribution in [-0.4, -0.2) is 54.3 Å². The third-order valence-corrected chi connectivity index (χ3v) is 5.36. The van der Waals surface area contributed by atoms with E-state index in [-0.39, 0.29) is 24.0 Å². The molecule has 0 radical (unpaired) electrons. The molecule has 1 heterocycles. The number of thioether (sulfide) groups is 1. The molecule has 1 N–H and O–H groups in total. The zero-order valence-electron chi connectivity index (χ0n) is 18.7. The second kappa shape index (κ2) is 11.9. The second-order valence-corrected chi connectivity index (χ2v) is 7.91. The molecule has 1 aliphatic rings. The van der Waals surface area contributed by atoms with Crippen LogP contribution in [0.4, 0.5) is 10.5 Å². The molecule has 0 spiro atoms. The van der Waals surface area contributed by atoms with E-state index in [1.807, 2.05) is 18.2 Å². The summed E-state index contributed by atoms with van der Waals surface area (Å²) in [5, 5.41) is 2.19. The lowest BCUT2D eigenvalue weighted by molar-refractivity contribution is -0.146. The number of nitrogens with zero attached hydrogens (tertiary/aromatic N) is 1. The number of carbonyl (C=O) groups excluding carboxylic acids is 4. The summed E-state index contributed by atoms with van der Waals surface area (Å²) in [4.78, 5) is 49.6. The Morgan fingerprint density at radius 2 is 1.76 bits per heavy atom. The van der Waals surface area contributed by atoms with Crippen LogP contribution in [0.3, 0.4) is 0 Å². The maximum Gasteiger partial charge on any atom is 0.326 e. The van der Waals surface area contributed by atoms with Gasteiger partial charge in [-0.15, -0.1) is 0 Å². The van der Waals surface area contributed by atoms with E-state index in [0.717, 1.165) is 16.7 Å². The molecular weight excluding hydrogens is 460 g/mol. The summed E-state index contributed by atoms with van der Waals surface area (Å²) in [6.07, 6.45) is 1.53. The van der Waals surface area contributed by atoms with Crippen LogP contribution >= 0.6 is 11.8 Å². The van der Waals surface area contributed by atoms with Crippen molar-refractivity contribution in [2.75, 3.05) is 31.7 Å². The lowest BCUT2D eigenvalue weighted by Gasteiger charge is -2.13. The summed E-state index contributed by atoms with van der Waals surface area (Å²) < 4.78 is 16.1. The fraction of sp³-hybridized carbons (Fsp3) is 0.250. The van der Waals surface area contributed by atoms with Crippen LogP contribution in [-0.2, 0) is 19.1 Å². The van der Waals surface area contributed by atoms with Gasteiger partial charge in [-0.1, -0.05) is 24.3 Å². The number of amides is 3. The number of carbonyl (C=O) groups is 4. The van der Waals surface area contributed by atoms with Crippen molar-refractivity contribution < 1.29 is 33.4 Å². The van der Waals surface area contributed by atoms with E-state index in [1.165, 1.54) is 6.08 Å². The monoisotopic (exact) mass is 484 g/mol. The molecule has 2 aromatic carbocycles. The molecular formula is C24H24N2O7S. The molecule has 0 atom stereocenters.